The first-order valence-corrected chi connectivity index (χ1v) is 6.87. The van der Waals surface area contributed by atoms with Crippen LogP contribution in [0.15, 0.2) is 41.3 Å². The van der Waals surface area contributed by atoms with Crippen LogP contribution in [-0.2, 0) is 0 Å². The molecule has 0 unspecified atom stereocenters. The molecule has 2 rings (SSSR count). The van der Waals surface area contributed by atoms with Gasteiger partial charge in [0.15, 0.2) is 0 Å². The summed E-state index contributed by atoms with van der Waals surface area (Å²) < 4.78 is 5.03. The molecule has 1 heterocycles. The van der Waals surface area contributed by atoms with Crippen LogP contribution in [0.25, 0.3) is 0 Å². The molecule has 5 nitrogen and oxygen atoms in total. The Balaban J connectivity index is 1.81. The summed E-state index contributed by atoms with van der Waals surface area (Å²) in [5.41, 5.74) is 5.58. The van der Waals surface area contributed by atoms with Crippen molar-refractivity contribution in [2.75, 3.05) is 30.5 Å². The maximum atomic E-state index is 5.58. The Morgan fingerprint density at radius 1 is 1.26 bits per heavy atom. The average Bonchev–Trinajstić information content (AvgIpc) is 2.44. The zero-order valence-corrected chi connectivity index (χ0v) is 11.5. The highest BCUT2D eigenvalue weighted by atomic mass is 32.2. The van der Waals surface area contributed by atoms with Crippen molar-refractivity contribution in [2.24, 2.45) is 0 Å². The largest absolute Gasteiger partial charge is 0.481 e. The Morgan fingerprint density at radius 3 is 2.79 bits per heavy atom. The van der Waals surface area contributed by atoms with Crippen LogP contribution in [0.2, 0.25) is 0 Å². The summed E-state index contributed by atoms with van der Waals surface area (Å²) >= 11 is 1.79. The molecule has 100 valence electrons. The van der Waals surface area contributed by atoms with Gasteiger partial charge in [-0.1, -0.05) is 18.2 Å². The molecule has 0 saturated carbocycles. The van der Waals surface area contributed by atoms with Crippen LogP contribution in [0.3, 0.4) is 0 Å². The van der Waals surface area contributed by atoms with E-state index in [0.717, 1.165) is 12.3 Å². The normalized spacial score (nSPS) is 10.2. The highest BCUT2D eigenvalue weighted by Crippen LogP contribution is 2.17. The van der Waals surface area contributed by atoms with Crippen LogP contribution < -0.4 is 15.8 Å². The molecule has 0 bridgehead atoms. The lowest BCUT2D eigenvalue weighted by Gasteiger charge is -2.07. The lowest BCUT2D eigenvalue weighted by Crippen LogP contribution is -2.08. The Kier molecular flexibility index (Phi) is 4.85. The molecular weight excluding hydrogens is 260 g/mol. The first-order valence-electron chi connectivity index (χ1n) is 5.88. The van der Waals surface area contributed by atoms with Crippen LogP contribution in [0.4, 0.5) is 11.8 Å². The highest BCUT2D eigenvalue weighted by molar-refractivity contribution is 7.99. The van der Waals surface area contributed by atoms with E-state index in [0.29, 0.717) is 11.7 Å². The van der Waals surface area contributed by atoms with Crippen LogP contribution in [0.5, 0.6) is 5.88 Å². The zero-order chi connectivity index (χ0) is 13.5. The van der Waals surface area contributed by atoms with Gasteiger partial charge in [-0.3, -0.25) is 0 Å². The third kappa shape index (κ3) is 4.33. The van der Waals surface area contributed by atoms with Gasteiger partial charge in [-0.2, -0.15) is 9.97 Å². The predicted molar refractivity (Wildman–Crippen MR) is 78.7 cm³/mol. The second-order valence-corrected chi connectivity index (χ2v) is 4.91. The molecule has 2 aromatic rings. The molecule has 0 radical (unpaired) electrons. The summed E-state index contributed by atoms with van der Waals surface area (Å²) in [5, 5.41) is 3.20. The van der Waals surface area contributed by atoms with Gasteiger partial charge >= 0.3 is 0 Å². The maximum Gasteiger partial charge on any atom is 0.225 e. The van der Waals surface area contributed by atoms with Gasteiger partial charge in [0.1, 0.15) is 5.82 Å². The maximum absolute atomic E-state index is 5.58. The molecule has 0 fully saturated rings. The van der Waals surface area contributed by atoms with Gasteiger partial charge in [-0.25, -0.2) is 0 Å². The topological polar surface area (TPSA) is 73.1 Å². The van der Waals surface area contributed by atoms with Crippen molar-refractivity contribution in [1.29, 1.82) is 0 Å². The monoisotopic (exact) mass is 276 g/mol. The summed E-state index contributed by atoms with van der Waals surface area (Å²) in [4.78, 5) is 9.27. The first-order chi connectivity index (χ1) is 9.28. The number of nitrogen functional groups attached to an aromatic ring is 1. The number of nitrogens with one attached hydrogen (secondary N) is 1. The molecule has 0 aliphatic rings. The lowest BCUT2D eigenvalue weighted by molar-refractivity contribution is 0.398. The molecule has 0 aliphatic heterocycles. The Bertz CT molecular complexity index is 521. The van der Waals surface area contributed by atoms with Gasteiger partial charge in [0.25, 0.3) is 0 Å². The fourth-order valence-corrected chi connectivity index (χ4v) is 2.29. The van der Waals surface area contributed by atoms with Gasteiger partial charge in [0.2, 0.25) is 11.8 Å². The number of hydrogen-bond donors (Lipinski definition) is 2. The van der Waals surface area contributed by atoms with E-state index in [1.54, 1.807) is 24.9 Å². The summed E-state index contributed by atoms with van der Waals surface area (Å²) in [6, 6.07) is 12.0. The molecule has 3 N–H and O–H groups in total. The van der Waals surface area contributed by atoms with Gasteiger partial charge in [-0.05, 0) is 12.1 Å². The summed E-state index contributed by atoms with van der Waals surface area (Å²) in [6.07, 6.45) is 0. The van der Waals surface area contributed by atoms with Crippen LogP contribution in [0, 0.1) is 0 Å². The smallest absolute Gasteiger partial charge is 0.225 e. The van der Waals surface area contributed by atoms with Crippen molar-refractivity contribution in [3.8, 4) is 5.88 Å². The molecule has 19 heavy (non-hydrogen) atoms. The van der Waals surface area contributed by atoms with Gasteiger partial charge < -0.3 is 15.8 Å². The second-order valence-electron chi connectivity index (χ2n) is 3.74. The highest BCUT2D eigenvalue weighted by Gasteiger charge is 2.01. The Labute approximate surface area is 116 Å². The van der Waals surface area contributed by atoms with Crippen molar-refractivity contribution < 1.29 is 4.74 Å². The fourth-order valence-electron chi connectivity index (χ4n) is 1.50. The molecule has 0 aliphatic carbocycles. The minimum Gasteiger partial charge on any atom is -0.481 e. The van der Waals surface area contributed by atoms with E-state index in [1.165, 1.54) is 4.90 Å². The van der Waals surface area contributed by atoms with Crippen LogP contribution in [-0.4, -0.2) is 29.4 Å². The van der Waals surface area contributed by atoms with E-state index in [2.05, 4.69) is 27.4 Å². The lowest BCUT2D eigenvalue weighted by atomic mass is 10.4. The third-order valence-corrected chi connectivity index (χ3v) is 3.36. The molecule has 1 aromatic heterocycles. The molecule has 0 atom stereocenters. The number of ether oxygens (including phenoxy) is 1. The molecule has 0 spiro atoms. The van der Waals surface area contributed by atoms with E-state index in [9.17, 15) is 0 Å². The number of anilines is 2. The SMILES string of the molecule is COc1cc(NCCSc2ccccc2)nc(N)n1. The van der Waals surface area contributed by atoms with Gasteiger partial charge in [-0.15, -0.1) is 11.8 Å². The number of thioether (sulfide) groups is 1. The number of hydrogen-bond acceptors (Lipinski definition) is 6. The van der Waals surface area contributed by atoms with Crippen molar-refractivity contribution >= 4 is 23.5 Å². The third-order valence-electron chi connectivity index (χ3n) is 2.35. The van der Waals surface area contributed by atoms with Gasteiger partial charge in [0.05, 0.1) is 7.11 Å². The van der Waals surface area contributed by atoms with Crippen molar-refractivity contribution in [3.05, 3.63) is 36.4 Å². The Hall–Kier alpha value is -1.95. The zero-order valence-electron chi connectivity index (χ0n) is 10.7. The van der Waals surface area contributed by atoms with E-state index >= 15 is 0 Å². The minimum atomic E-state index is 0.206. The Morgan fingerprint density at radius 2 is 2.05 bits per heavy atom. The predicted octanol–water partition coefficient (Wildman–Crippen LogP) is 2.27. The van der Waals surface area contributed by atoms with E-state index in [4.69, 9.17) is 10.5 Å². The fraction of sp³-hybridized carbons (Fsp3) is 0.231. The van der Waals surface area contributed by atoms with E-state index < -0.39 is 0 Å². The molecule has 0 amide bonds. The first kappa shape index (κ1) is 13.5. The van der Waals surface area contributed by atoms with E-state index in [-0.39, 0.29) is 5.95 Å². The average molecular weight is 276 g/mol. The van der Waals surface area contributed by atoms with Crippen molar-refractivity contribution in [2.45, 2.75) is 4.90 Å². The van der Waals surface area contributed by atoms with Gasteiger partial charge in [0, 0.05) is 23.3 Å². The number of nitrogens with two attached hydrogens (primary N) is 1. The molecular formula is C13H16N4OS. The van der Waals surface area contributed by atoms with Crippen LogP contribution in [0.1, 0.15) is 0 Å². The standard InChI is InChI=1S/C13H16N4OS/c1-18-12-9-11(16-13(14)17-12)15-7-8-19-10-5-3-2-4-6-10/h2-6,9H,7-8H2,1H3,(H3,14,15,16,17). The molecule has 6 heteroatoms. The number of rotatable bonds is 6. The number of aromatic nitrogens is 2. The van der Waals surface area contributed by atoms with Crippen molar-refractivity contribution in [3.63, 3.8) is 0 Å². The van der Waals surface area contributed by atoms with Crippen molar-refractivity contribution in [1.82, 2.24) is 9.97 Å². The number of benzene rings is 1. The molecule has 1 aromatic carbocycles. The minimum absolute atomic E-state index is 0.206. The number of methoxy groups -OCH3 is 1. The van der Waals surface area contributed by atoms with E-state index in [1.807, 2.05) is 18.2 Å². The van der Waals surface area contributed by atoms with Crippen LogP contribution >= 0.6 is 11.8 Å². The number of nitrogens with zero attached hydrogens (tertiary/aromatic N) is 2. The second kappa shape index (κ2) is 6.84. The molecule has 0 saturated heterocycles. The summed E-state index contributed by atoms with van der Waals surface area (Å²) in [7, 11) is 1.55. The summed E-state index contributed by atoms with van der Waals surface area (Å²) in [6.45, 7) is 0.791. The quantitative estimate of drug-likeness (QED) is 0.623. The summed E-state index contributed by atoms with van der Waals surface area (Å²) in [5.74, 6) is 2.29.